The van der Waals surface area contributed by atoms with Crippen LogP contribution in [0.2, 0.25) is 0 Å². The zero-order valence-electron chi connectivity index (χ0n) is 9.40. The first-order chi connectivity index (χ1) is 7.21. The number of ether oxygens (including phenoxy) is 1. The van der Waals surface area contributed by atoms with Crippen molar-refractivity contribution in [2.24, 2.45) is 5.84 Å². The Morgan fingerprint density at radius 3 is 2.67 bits per heavy atom. The van der Waals surface area contributed by atoms with Crippen LogP contribution < -0.4 is 11.3 Å². The zero-order chi connectivity index (χ0) is 11.7. The lowest BCUT2D eigenvalue weighted by Gasteiger charge is -2.28. The standard InChI is InChI=1S/C9H21N3O3/c1-3-8(9(14)11-10)12(4-6-13)5-7-15-2/h8,13H,3-7,10H2,1-2H3,(H,11,14). The molecule has 0 aromatic heterocycles. The summed E-state index contributed by atoms with van der Waals surface area (Å²) < 4.78 is 4.94. The predicted octanol–water partition coefficient (Wildman–Crippen LogP) is -1.30. The molecular weight excluding hydrogens is 198 g/mol. The molecule has 0 bridgehead atoms. The van der Waals surface area contributed by atoms with Crippen molar-refractivity contribution in [3.05, 3.63) is 0 Å². The van der Waals surface area contributed by atoms with Crippen LogP contribution in [0.4, 0.5) is 0 Å². The second-order valence-electron chi connectivity index (χ2n) is 3.19. The molecule has 1 atom stereocenters. The third-order valence-corrected chi connectivity index (χ3v) is 2.24. The largest absolute Gasteiger partial charge is 0.395 e. The van der Waals surface area contributed by atoms with Crippen LogP contribution in [0.15, 0.2) is 0 Å². The molecule has 0 rings (SSSR count). The van der Waals surface area contributed by atoms with Crippen molar-refractivity contribution in [2.45, 2.75) is 19.4 Å². The molecule has 0 spiro atoms. The molecule has 6 heteroatoms. The van der Waals surface area contributed by atoms with E-state index in [1.165, 1.54) is 0 Å². The van der Waals surface area contributed by atoms with E-state index in [-0.39, 0.29) is 18.6 Å². The second-order valence-corrected chi connectivity index (χ2v) is 3.19. The Kier molecular flexibility index (Phi) is 8.21. The number of aliphatic hydroxyl groups excluding tert-OH is 1. The molecule has 0 saturated carbocycles. The molecule has 4 N–H and O–H groups in total. The monoisotopic (exact) mass is 219 g/mol. The van der Waals surface area contributed by atoms with Gasteiger partial charge in [0, 0.05) is 20.2 Å². The number of nitrogens with one attached hydrogen (secondary N) is 1. The average molecular weight is 219 g/mol. The molecule has 0 aliphatic carbocycles. The molecule has 15 heavy (non-hydrogen) atoms. The van der Waals surface area contributed by atoms with Gasteiger partial charge in [0.05, 0.1) is 19.3 Å². The summed E-state index contributed by atoms with van der Waals surface area (Å²) in [6, 6.07) is -0.308. The minimum atomic E-state index is -0.308. The number of carbonyl (C=O) groups is 1. The van der Waals surface area contributed by atoms with Crippen LogP contribution in [0.1, 0.15) is 13.3 Å². The van der Waals surface area contributed by atoms with Gasteiger partial charge in [-0.15, -0.1) is 0 Å². The molecular formula is C9H21N3O3. The Bertz CT molecular complexity index is 178. The fourth-order valence-electron chi connectivity index (χ4n) is 1.47. The lowest BCUT2D eigenvalue weighted by Crippen LogP contribution is -2.50. The van der Waals surface area contributed by atoms with E-state index < -0.39 is 0 Å². The highest BCUT2D eigenvalue weighted by Crippen LogP contribution is 2.03. The van der Waals surface area contributed by atoms with Crippen LogP contribution in [0.25, 0.3) is 0 Å². The maximum Gasteiger partial charge on any atom is 0.251 e. The molecule has 0 radical (unpaired) electrons. The van der Waals surface area contributed by atoms with Gasteiger partial charge in [-0.1, -0.05) is 6.92 Å². The van der Waals surface area contributed by atoms with Gasteiger partial charge in [-0.2, -0.15) is 0 Å². The first kappa shape index (κ1) is 14.3. The predicted molar refractivity (Wildman–Crippen MR) is 56.9 cm³/mol. The molecule has 0 saturated heterocycles. The summed E-state index contributed by atoms with van der Waals surface area (Å²) in [5.74, 6) is 4.86. The van der Waals surface area contributed by atoms with Crippen molar-refractivity contribution >= 4 is 5.91 Å². The molecule has 0 aromatic rings. The van der Waals surface area contributed by atoms with Crippen LogP contribution >= 0.6 is 0 Å². The Hall–Kier alpha value is -0.690. The molecule has 6 nitrogen and oxygen atoms in total. The van der Waals surface area contributed by atoms with E-state index in [9.17, 15) is 4.79 Å². The number of carbonyl (C=O) groups excluding carboxylic acids is 1. The number of methoxy groups -OCH3 is 1. The van der Waals surface area contributed by atoms with Gasteiger partial charge in [-0.05, 0) is 6.42 Å². The highest BCUT2D eigenvalue weighted by molar-refractivity contribution is 5.81. The summed E-state index contributed by atoms with van der Waals surface area (Å²) in [6.45, 7) is 3.47. The first-order valence-electron chi connectivity index (χ1n) is 5.05. The topological polar surface area (TPSA) is 87.8 Å². The smallest absolute Gasteiger partial charge is 0.251 e. The fourth-order valence-corrected chi connectivity index (χ4v) is 1.47. The van der Waals surface area contributed by atoms with Gasteiger partial charge in [0.1, 0.15) is 0 Å². The highest BCUT2D eigenvalue weighted by Gasteiger charge is 2.22. The maximum atomic E-state index is 11.4. The summed E-state index contributed by atoms with van der Waals surface area (Å²) >= 11 is 0. The minimum Gasteiger partial charge on any atom is -0.395 e. The minimum absolute atomic E-state index is 0.0120. The molecule has 0 aromatic carbocycles. The second kappa shape index (κ2) is 8.60. The van der Waals surface area contributed by atoms with Crippen molar-refractivity contribution < 1.29 is 14.6 Å². The Labute approximate surface area is 90.3 Å². The Balaban J connectivity index is 4.32. The number of hydrogen-bond acceptors (Lipinski definition) is 5. The van der Waals surface area contributed by atoms with Gasteiger partial charge in [-0.3, -0.25) is 15.1 Å². The van der Waals surface area contributed by atoms with Gasteiger partial charge >= 0.3 is 0 Å². The van der Waals surface area contributed by atoms with Crippen LogP contribution in [-0.4, -0.2) is 55.4 Å². The van der Waals surface area contributed by atoms with Gasteiger partial charge in [-0.25, -0.2) is 5.84 Å². The maximum absolute atomic E-state index is 11.4. The van der Waals surface area contributed by atoms with Crippen LogP contribution in [0.3, 0.4) is 0 Å². The van der Waals surface area contributed by atoms with E-state index in [0.29, 0.717) is 26.1 Å². The number of amides is 1. The lowest BCUT2D eigenvalue weighted by molar-refractivity contribution is -0.127. The normalized spacial score (nSPS) is 12.9. The van der Waals surface area contributed by atoms with E-state index in [1.54, 1.807) is 7.11 Å². The van der Waals surface area contributed by atoms with Crippen LogP contribution in [0.5, 0.6) is 0 Å². The molecule has 0 heterocycles. The summed E-state index contributed by atoms with van der Waals surface area (Å²) in [6.07, 6.45) is 0.646. The molecule has 90 valence electrons. The number of rotatable bonds is 8. The van der Waals surface area contributed by atoms with E-state index in [0.717, 1.165) is 0 Å². The number of nitrogens with two attached hydrogens (primary N) is 1. The van der Waals surface area contributed by atoms with Crippen molar-refractivity contribution in [2.75, 3.05) is 33.4 Å². The van der Waals surface area contributed by atoms with E-state index >= 15 is 0 Å². The Morgan fingerprint density at radius 2 is 2.27 bits per heavy atom. The van der Waals surface area contributed by atoms with E-state index in [4.69, 9.17) is 15.7 Å². The third-order valence-electron chi connectivity index (χ3n) is 2.24. The lowest BCUT2D eigenvalue weighted by atomic mass is 10.2. The van der Waals surface area contributed by atoms with Crippen molar-refractivity contribution in [1.29, 1.82) is 0 Å². The van der Waals surface area contributed by atoms with E-state index in [2.05, 4.69) is 5.43 Å². The summed E-state index contributed by atoms with van der Waals surface area (Å²) in [4.78, 5) is 13.3. The third kappa shape index (κ3) is 5.08. The van der Waals surface area contributed by atoms with Gasteiger partial charge in [0.25, 0.3) is 5.91 Å². The van der Waals surface area contributed by atoms with Crippen molar-refractivity contribution in [1.82, 2.24) is 10.3 Å². The summed E-state index contributed by atoms with van der Waals surface area (Å²) in [5.41, 5.74) is 2.13. The van der Waals surface area contributed by atoms with Crippen LogP contribution in [0, 0.1) is 0 Å². The van der Waals surface area contributed by atoms with Crippen molar-refractivity contribution in [3.63, 3.8) is 0 Å². The highest BCUT2D eigenvalue weighted by atomic mass is 16.5. The molecule has 0 aliphatic rings. The average Bonchev–Trinajstić information content (AvgIpc) is 2.26. The van der Waals surface area contributed by atoms with E-state index in [1.807, 2.05) is 11.8 Å². The van der Waals surface area contributed by atoms with Gasteiger partial charge in [0.2, 0.25) is 0 Å². The number of hydrazine groups is 1. The molecule has 1 amide bonds. The fraction of sp³-hybridized carbons (Fsp3) is 0.889. The van der Waals surface area contributed by atoms with Gasteiger partial charge in [0.15, 0.2) is 0 Å². The zero-order valence-corrected chi connectivity index (χ0v) is 9.40. The SMILES string of the molecule is CCC(C(=O)NN)N(CCO)CCOC. The Morgan fingerprint density at radius 1 is 1.60 bits per heavy atom. The number of aliphatic hydroxyl groups is 1. The summed E-state index contributed by atoms with van der Waals surface area (Å²) in [5, 5.41) is 8.89. The number of nitrogens with zero attached hydrogens (tertiary/aromatic N) is 1. The first-order valence-corrected chi connectivity index (χ1v) is 5.05. The number of hydrogen-bond donors (Lipinski definition) is 3. The quantitative estimate of drug-likeness (QED) is 0.268. The van der Waals surface area contributed by atoms with Crippen LogP contribution in [-0.2, 0) is 9.53 Å². The van der Waals surface area contributed by atoms with Gasteiger partial charge < -0.3 is 9.84 Å². The molecule has 1 unspecified atom stereocenters. The summed E-state index contributed by atoms with van der Waals surface area (Å²) in [7, 11) is 1.60. The molecule has 0 aliphatic heterocycles. The molecule has 0 fully saturated rings. The van der Waals surface area contributed by atoms with Crippen molar-refractivity contribution in [3.8, 4) is 0 Å².